The van der Waals surface area contributed by atoms with Crippen LogP contribution in [0.15, 0.2) is 27.1 Å². The highest BCUT2D eigenvalue weighted by Crippen LogP contribution is 2.37. The molecular weight excluding hydrogens is 352 g/mol. The SMILES string of the molecule is CC(=O)N=S(C)(=O)c1cnn2c1CN(C(=O)C1(C)CC=C(C)CC1)CC2. The van der Waals surface area contributed by atoms with Gasteiger partial charge in [0.05, 0.1) is 45.0 Å². The molecule has 0 spiro atoms. The summed E-state index contributed by atoms with van der Waals surface area (Å²) in [4.78, 5) is 26.8. The molecule has 2 atom stereocenters. The van der Waals surface area contributed by atoms with E-state index >= 15 is 0 Å². The lowest BCUT2D eigenvalue weighted by molar-refractivity contribution is -0.143. The summed E-state index contributed by atoms with van der Waals surface area (Å²) in [5.41, 5.74) is 1.67. The van der Waals surface area contributed by atoms with Crippen molar-refractivity contribution in [3.63, 3.8) is 0 Å². The van der Waals surface area contributed by atoms with Crippen LogP contribution in [0, 0.1) is 5.41 Å². The lowest BCUT2D eigenvalue weighted by Gasteiger charge is -2.38. The fourth-order valence-corrected chi connectivity index (χ4v) is 5.10. The van der Waals surface area contributed by atoms with E-state index in [9.17, 15) is 13.8 Å². The lowest BCUT2D eigenvalue weighted by atomic mass is 9.75. The third-order valence-electron chi connectivity index (χ3n) is 5.32. The Labute approximate surface area is 154 Å². The molecule has 2 unspecified atom stereocenters. The van der Waals surface area contributed by atoms with E-state index in [1.807, 2.05) is 11.8 Å². The van der Waals surface area contributed by atoms with Crippen molar-refractivity contribution in [3.05, 3.63) is 23.5 Å². The first kappa shape index (κ1) is 18.8. The van der Waals surface area contributed by atoms with Gasteiger partial charge < -0.3 is 4.90 Å². The average Bonchev–Trinajstić information content (AvgIpc) is 3.00. The van der Waals surface area contributed by atoms with Crippen LogP contribution in [0.2, 0.25) is 0 Å². The Morgan fingerprint density at radius 1 is 1.35 bits per heavy atom. The molecule has 0 aromatic carbocycles. The maximum Gasteiger partial charge on any atom is 0.250 e. The molecule has 1 aromatic heterocycles. The first-order chi connectivity index (χ1) is 12.1. The molecule has 1 aliphatic carbocycles. The van der Waals surface area contributed by atoms with E-state index in [4.69, 9.17) is 0 Å². The van der Waals surface area contributed by atoms with Crippen LogP contribution in [-0.2, 0) is 32.4 Å². The number of nitrogens with zero attached hydrogens (tertiary/aromatic N) is 4. The van der Waals surface area contributed by atoms with Gasteiger partial charge in [-0.15, -0.1) is 0 Å². The Bertz CT molecular complexity index is 908. The predicted octanol–water partition coefficient (Wildman–Crippen LogP) is 2.37. The molecular formula is C18H26N4O3S. The van der Waals surface area contributed by atoms with E-state index < -0.39 is 15.6 Å². The van der Waals surface area contributed by atoms with Crippen LogP contribution in [-0.4, -0.2) is 43.5 Å². The summed E-state index contributed by atoms with van der Waals surface area (Å²) in [6.45, 7) is 6.91. The number of amides is 2. The van der Waals surface area contributed by atoms with E-state index in [0.717, 1.165) is 19.3 Å². The van der Waals surface area contributed by atoms with E-state index in [0.29, 0.717) is 30.2 Å². The number of carbonyl (C=O) groups excluding carboxylic acids is 2. The molecule has 26 heavy (non-hydrogen) atoms. The van der Waals surface area contributed by atoms with Crippen LogP contribution in [0.5, 0.6) is 0 Å². The summed E-state index contributed by atoms with van der Waals surface area (Å²) in [5.74, 6) is -0.344. The monoisotopic (exact) mass is 378 g/mol. The summed E-state index contributed by atoms with van der Waals surface area (Å²) < 4.78 is 18.4. The van der Waals surface area contributed by atoms with E-state index in [-0.39, 0.29) is 11.3 Å². The fraction of sp³-hybridized carbons (Fsp3) is 0.611. The molecule has 2 heterocycles. The number of fused-ring (bicyclic) bond motifs is 1. The van der Waals surface area contributed by atoms with E-state index in [1.54, 1.807) is 4.68 Å². The molecule has 1 aromatic rings. The van der Waals surface area contributed by atoms with Crippen LogP contribution >= 0.6 is 0 Å². The first-order valence-corrected chi connectivity index (χ1v) is 10.8. The summed E-state index contributed by atoms with van der Waals surface area (Å²) >= 11 is 0. The molecule has 0 fully saturated rings. The van der Waals surface area contributed by atoms with Crippen molar-refractivity contribution in [2.45, 2.75) is 58.0 Å². The second-order valence-electron chi connectivity index (χ2n) is 7.63. The zero-order valence-electron chi connectivity index (χ0n) is 15.8. The van der Waals surface area contributed by atoms with Crippen molar-refractivity contribution in [2.75, 3.05) is 12.8 Å². The van der Waals surface area contributed by atoms with Crippen molar-refractivity contribution in [1.29, 1.82) is 0 Å². The number of carbonyl (C=O) groups is 2. The zero-order chi connectivity index (χ0) is 19.1. The quantitative estimate of drug-likeness (QED) is 0.740. The van der Waals surface area contributed by atoms with Crippen molar-refractivity contribution < 1.29 is 13.8 Å². The number of hydrogen-bond acceptors (Lipinski definition) is 4. The number of aromatic nitrogens is 2. The fourth-order valence-electron chi connectivity index (χ4n) is 3.66. The molecule has 0 saturated heterocycles. The van der Waals surface area contributed by atoms with Crippen LogP contribution in [0.1, 0.15) is 45.7 Å². The van der Waals surface area contributed by atoms with Gasteiger partial charge >= 0.3 is 0 Å². The Kier molecular flexibility index (Phi) is 4.81. The molecule has 8 heteroatoms. The van der Waals surface area contributed by atoms with Gasteiger partial charge in [-0.3, -0.25) is 14.3 Å². The number of rotatable bonds is 2. The van der Waals surface area contributed by atoms with Crippen molar-refractivity contribution in [2.24, 2.45) is 9.78 Å². The summed E-state index contributed by atoms with van der Waals surface area (Å²) in [6.07, 6.45) is 7.67. The minimum absolute atomic E-state index is 0.130. The molecule has 0 saturated carbocycles. The highest BCUT2D eigenvalue weighted by molar-refractivity contribution is 7.93. The van der Waals surface area contributed by atoms with Gasteiger partial charge in [-0.25, -0.2) is 4.21 Å². The molecule has 7 nitrogen and oxygen atoms in total. The highest BCUT2D eigenvalue weighted by Gasteiger charge is 2.39. The van der Waals surface area contributed by atoms with Gasteiger partial charge in [0, 0.05) is 19.7 Å². The molecule has 0 bridgehead atoms. The second kappa shape index (κ2) is 6.64. The first-order valence-electron chi connectivity index (χ1n) is 8.85. The standard InChI is InChI=1S/C18H26N4O3S/c1-13-5-7-18(3,8-6-13)17(24)21-9-10-22-15(12-21)16(11-19-22)26(4,25)20-14(2)23/h5,11H,6-10,12H2,1-4H3. The Hall–Kier alpha value is -1.96. The molecule has 1 aliphatic heterocycles. The van der Waals surface area contributed by atoms with Gasteiger partial charge in [0.1, 0.15) is 0 Å². The number of hydrogen-bond donors (Lipinski definition) is 0. The van der Waals surface area contributed by atoms with Gasteiger partial charge in [-0.2, -0.15) is 9.46 Å². The summed E-state index contributed by atoms with van der Waals surface area (Å²) in [5, 5.41) is 4.28. The van der Waals surface area contributed by atoms with Gasteiger partial charge in [-0.1, -0.05) is 18.6 Å². The largest absolute Gasteiger partial charge is 0.334 e. The smallest absolute Gasteiger partial charge is 0.250 e. The second-order valence-corrected chi connectivity index (χ2v) is 9.86. The molecule has 0 radical (unpaired) electrons. The summed E-state index contributed by atoms with van der Waals surface area (Å²) in [7, 11) is -2.86. The van der Waals surface area contributed by atoms with Gasteiger partial charge in [-0.05, 0) is 26.2 Å². The molecule has 2 amide bonds. The Morgan fingerprint density at radius 3 is 2.69 bits per heavy atom. The molecule has 3 rings (SSSR count). The summed E-state index contributed by atoms with van der Waals surface area (Å²) in [6, 6.07) is 0. The van der Waals surface area contributed by atoms with Crippen LogP contribution in [0.25, 0.3) is 0 Å². The van der Waals surface area contributed by atoms with Gasteiger partial charge in [0.2, 0.25) is 5.91 Å². The van der Waals surface area contributed by atoms with Crippen molar-refractivity contribution in [1.82, 2.24) is 14.7 Å². The topological polar surface area (TPSA) is 84.6 Å². The zero-order valence-corrected chi connectivity index (χ0v) is 16.6. The molecule has 0 N–H and O–H groups in total. The Morgan fingerprint density at radius 2 is 2.08 bits per heavy atom. The lowest BCUT2D eigenvalue weighted by Crippen LogP contribution is -2.46. The van der Waals surface area contributed by atoms with Crippen LogP contribution in [0.4, 0.5) is 0 Å². The van der Waals surface area contributed by atoms with Gasteiger partial charge in [0.15, 0.2) is 0 Å². The van der Waals surface area contributed by atoms with E-state index in [1.165, 1.54) is 24.9 Å². The van der Waals surface area contributed by atoms with Crippen molar-refractivity contribution >= 4 is 21.5 Å². The Balaban J connectivity index is 1.88. The van der Waals surface area contributed by atoms with Crippen molar-refractivity contribution in [3.8, 4) is 0 Å². The van der Waals surface area contributed by atoms with Gasteiger partial charge in [0.25, 0.3) is 5.91 Å². The third-order valence-corrected chi connectivity index (χ3v) is 7.08. The molecule has 142 valence electrons. The highest BCUT2D eigenvalue weighted by atomic mass is 32.2. The normalized spacial score (nSPS) is 25.1. The molecule has 2 aliphatic rings. The predicted molar refractivity (Wildman–Crippen MR) is 98.8 cm³/mol. The number of allylic oxidation sites excluding steroid dienone is 2. The maximum absolute atomic E-state index is 13.2. The average molecular weight is 378 g/mol. The third kappa shape index (κ3) is 3.47. The minimum Gasteiger partial charge on any atom is -0.334 e. The van der Waals surface area contributed by atoms with Crippen LogP contribution in [0.3, 0.4) is 0 Å². The maximum atomic E-state index is 13.2. The van der Waals surface area contributed by atoms with E-state index in [2.05, 4.69) is 22.5 Å². The van der Waals surface area contributed by atoms with Crippen LogP contribution < -0.4 is 0 Å². The minimum atomic E-state index is -2.86.